The Morgan fingerprint density at radius 1 is 0.587 bits per heavy atom. The molecule has 0 aliphatic carbocycles. The number of thioether (sulfide) groups is 1. The Bertz CT molecular complexity index is 2120. The maximum atomic E-state index is 13.8. The lowest BCUT2D eigenvalue weighted by molar-refractivity contribution is -0.145. The van der Waals surface area contributed by atoms with E-state index in [1.807, 2.05) is 0 Å². The third-order valence-electron chi connectivity index (χ3n) is 11.1. The molecule has 11 amide bonds. The minimum Gasteiger partial charge on any atom is -0.481 e. The molecular formula is C42H68N12O19S2. The summed E-state index contributed by atoms with van der Waals surface area (Å²) in [6.45, 7) is 3.06. The van der Waals surface area contributed by atoms with Gasteiger partial charge in [0.2, 0.25) is 65.0 Å². The number of thiol groups is 1. The lowest BCUT2D eigenvalue weighted by Gasteiger charge is -2.31. The van der Waals surface area contributed by atoms with Gasteiger partial charge in [-0.05, 0) is 64.9 Å². The SMILES string of the molecule is CSCC[C@H](NC(=O)[C@H](CC(N)=O)NC(=O)[C@@H](N)CCC(N)=O)C(=O)N[C@@H](CC(=O)O)C(=O)N[C@@H](C)C(=O)N[C@H](C(=O)N[C@H](C(=O)N[C@@H](CCC(=O)O)C(=O)N1CCC[C@H]1C(=O)N[C@@H](CS)C(=O)O)[C@@H](C)O)[C@@H](C)O. The number of aliphatic hydroxyl groups excluding tert-OH is 2. The fraction of sp³-hybridized carbons (Fsp3) is 0.667. The van der Waals surface area contributed by atoms with Crippen molar-refractivity contribution in [3.63, 3.8) is 0 Å². The molecule has 0 aromatic rings. The topological polar surface area (TPSA) is 518 Å². The quantitative estimate of drug-likeness (QED) is 0.0266. The van der Waals surface area contributed by atoms with Crippen LogP contribution in [0.3, 0.4) is 0 Å². The number of amides is 11. The molecule has 75 heavy (non-hydrogen) atoms. The summed E-state index contributed by atoms with van der Waals surface area (Å²) in [4.78, 5) is 179. The summed E-state index contributed by atoms with van der Waals surface area (Å²) in [5, 5.41) is 67.1. The monoisotopic (exact) mass is 1110 g/mol. The molecule has 33 heteroatoms. The number of likely N-dealkylation sites (tertiary alicyclic amines) is 1. The van der Waals surface area contributed by atoms with E-state index in [9.17, 15) is 92.7 Å². The maximum Gasteiger partial charge on any atom is 0.327 e. The number of carbonyl (C=O) groups is 14. The van der Waals surface area contributed by atoms with Crippen molar-refractivity contribution in [1.82, 2.24) is 47.4 Å². The van der Waals surface area contributed by atoms with Crippen LogP contribution in [0.1, 0.15) is 78.6 Å². The molecule has 0 aromatic carbocycles. The van der Waals surface area contributed by atoms with Crippen molar-refractivity contribution in [2.45, 2.75) is 151 Å². The van der Waals surface area contributed by atoms with E-state index in [1.165, 1.54) is 11.8 Å². The molecule has 0 saturated carbocycles. The average Bonchev–Trinajstić information content (AvgIpc) is 3.82. The van der Waals surface area contributed by atoms with E-state index in [0.717, 1.165) is 25.7 Å². The van der Waals surface area contributed by atoms with Crippen LogP contribution in [0.5, 0.6) is 0 Å². The highest BCUT2D eigenvalue weighted by Crippen LogP contribution is 2.20. The molecule has 0 spiro atoms. The highest BCUT2D eigenvalue weighted by molar-refractivity contribution is 7.98. The molecule has 0 bridgehead atoms. The second-order valence-electron chi connectivity index (χ2n) is 17.3. The number of nitrogens with two attached hydrogens (primary N) is 3. The molecule has 422 valence electrons. The predicted molar refractivity (Wildman–Crippen MR) is 263 cm³/mol. The van der Waals surface area contributed by atoms with Gasteiger partial charge < -0.3 is 90.2 Å². The van der Waals surface area contributed by atoms with Crippen molar-refractivity contribution in [1.29, 1.82) is 0 Å². The fourth-order valence-electron chi connectivity index (χ4n) is 7.01. The number of hydrogen-bond acceptors (Lipinski definition) is 19. The van der Waals surface area contributed by atoms with Crippen molar-refractivity contribution in [2.24, 2.45) is 17.2 Å². The molecule has 1 fully saturated rings. The van der Waals surface area contributed by atoms with Crippen molar-refractivity contribution in [2.75, 3.05) is 24.3 Å². The summed E-state index contributed by atoms with van der Waals surface area (Å²) >= 11 is 5.11. The Labute approximate surface area is 438 Å². The first-order valence-electron chi connectivity index (χ1n) is 23.1. The van der Waals surface area contributed by atoms with Crippen LogP contribution >= 0.6 is 24.4 Å². The molecule has 1 heterocycles. The molecule has 19 N–H and O–H groups in total. The molecule has 1 saturated heterocycles. The number of nitrogens with one attached hydrogen (secondary N) is 8. The Kier molecular flexibility index (Phi) is 28.6. The van der Waals surface area contributed by atoms with Crippen LogP contribution in [0.2, 0.25) is 0 Å². The molecular weight excluding hydrogens is 1040 g/mol. The van der Waals surface area contributed by atoms with Gasteiger partial charge >= 0.3 is 17.9 Å². The highest BCUT2D eigenvalue weighted by atomic mass is 32.2. The Balaban J connectivity index is 3.26. The summed E-state index contributed by atoms with van der Waals surface area (Å²) in [6.07, 6.45) is -5.38. The van der Waals surface area contributed by atoms with Crippen molar-refractivity contribution >= 4 is 107 Å². The van der Waals surface area contributed by atoms with Crippen LogP contribution < -0.4 is 59.7 Å². The molecule has 1 rings (SSSR count). The lowest BCUT2D eigenvalue weighted by atomic mass is 10.1. The number of aliphatic carboxylic acids is 3. The third kappa shape index (κ3) is 23.1. The number of primary amides is 2. The van der Waals surface area contributed by atoms with Crippen LogP contribution in [-0.4, -0.2) is 210 Å². The Hall–Kier alpha value is -6.84. The zero-order valence-corrected chi connectivity index (χ0v) is 43.1. The maximum absolute atomic E-state index is 13.8. The van der Waals surface area contributed by atoms with Gasteiger partial charge in [-0.25, -0.2) is 4.79 Å². The summed E-state index contributed by atoms with van der Waals surface area (Å²) in [7, 11) is 0. The minimum atomic E-state index is -1.96. The molecule has 12 atom stereocenters. The zero-order chi connectivity index (χ0) is 57.4. The van der Waals surface area contributed by atoms with Gasteiger partial charge in [-0.1, -0.05) is 0 Å². The highest BCUT2D eigenvalue weighted by Gasteiger charge is 2.41. The second-order valence-corrected chi connectivity index (χ2v) is 18.6. The van der Waals surface area contributed by atoms with Gasteiger partial charge in [0.25, 0.3) is 0 Å². The van der Waals surface area contributed by atoms with E-state index in [0.29, 0.717) is 0 Å². The van der Waals surface area contributed by atoms with Gasteiger partial charge in [0.15, 0.2) is 0 Å². The number of carbonyl (C=O) groups excluding carboxylic acids is 11. The summed E-state index contributed by atoms with van der Waals surface area (Å²) in [6, 6.07) is -16.5. The summed E-state index contributed by atoms with van der Waals surface area (Å²) in [5.41, 5.74) is 16.1. The van der Waals surface area contributed by atoms with Gasteiger partial charge in [0, 0.05) is 25.1 Å². The molecule has 31 nitrogen and oxygen atoms in total. The fourth-order valence-corrected chi connectivity index (χ4v) is 7.72. The largest absolute Gasteiger partial charge is 0.481 e. The van der Waals surface area contributed by atoms with Crippen LogP contribution in [0.15, 0.2) is 0 Å². The lowest BCUT2D eigenvalue weighted by Crippen LogP contribution is -2.63. The van der Waals surface area contributed by atoms with Crippen LogP contribution in [0, 0.1) is 0 Å². The molecule has 0 aromatic heterocycles. The van der Waals surface area contributed by atoms with Crippen LogP contribution in [0.4, 0.5) is 0 Å². The van der Waals surface area contributed by atoms with E-state index in [2.05, 4.69) is 55.2 Å². The Morgan fingerprint density at radius 3 is 1.60 bits per heavy atom. The van der Waals surface area contributed by atoms with E-state index in [-0.39, 0.29) is 50.2 Å². The minimum absolute atomic E-state index is 0.0572. The summed E-state index contributed by atoms with van der Waals surface area (Å²) < 4.78 is 0. The predicted octanol–water partition coefficient (Wildman–Crippen LogP) is -7.79. The molecule has 1 aliphatic heterocycles. The van der Waals surface area contributed by atoms with Crippen LogP contribution in [-0.2, 0) is 67.1 Å². The number of carboxylic acids is 3. The van der Waals surface area contributed by atoms with Gasteiger partial charge in [-0.2, -0.15) is 24.4 Å². The van der Waals surface area contributed by atoms with E-state index in [4.69, 9.17) is 17.2 Å². The third-order valence-corrected chi connectivity index (χ3v) is 12.1. The van der Waals surface area contributed by atoms with Crippen molar-refractivity contribution in [3.8, 4) is 0 Å². The number of aliphatic hydroxyl groups is 2. The van der Waals surface area contributed by atoms with Crippen molar-refractivity contribution < 1.29 is 92.7 Å². The van der Waals surface area contributed by atoms with E-state index < -0.39 is 181 Å². The van der Waals surface area contributed by atoms with Gasteiger partial charge in [0.1, 0.15) is 54.4 Å². The first kappa shape index (κ1) is 66.2. The smallest absolute Gasteiger partial charge is 0.327 e. The number of rotatable bonds is 34. The first-order chi connectivity index (χ1) is 34.9. The van der Waals surface area contributed by atoms with Crippen molar-refractivity contribution in [3.05, 3.63) is 0 Å². The number of carboxylic acid groups (broad SMARTS) is 3. The second kappa shape index (κ2) is 32.5. The normalized spacial score (nSPS) is 17.4. The van der Waals surface area contributed by atoms with Gasteiger partial charge in [0.05, 0.1) is 31.1 Å². The van der Waals surface area contributed by atoms with E-state index in [1.54, 1.807) is 6.26 Å². The van der Waals surface area contributed by atoms with E-state index >= 15 is 0 Å². The first-order valence-corrected chi connectivity index (χ1v) is 25.2. The average molecular weight is 1110 g/mol. The molecule has 0 radical (unpaired) electrons. The van der Waals surface area contributed by atoms with Crippen LogP contribution in [0.25, 0.3) is 0 Å². The molecule has 1 aliphatic rings. The zero-order valence-electron chi connectivity index (χ0n) is 41.4. The molecule has 0 unspecified atom stereocenters. The van der Waals surface area contributed by atoms with Gasteiger partial charge in [-0.15, -0.1) is 0 Å². The standard InChI is InChI=1S/C42H68N12O19S2/c1-17(46-36(66)24(15-30(61)62)50-35(65)21(11-13-75-4)47-37(67)23(14-28(45)58)49-34(64)20(43)7-9-27(44)57)33(63)52-32(19(3)56)40(70)53-31(18(2)55)39(69)48-22(8-10-29(59)60)41(71)54-12-5-6-26(54)38(68)51-25(16-74)42(72)73/h17-26,31-32,55-56,74H,5-16,43H2,1-4H3,(H2,44,57)(H2,45,58)(H,46,66)(H,47,67)(H,48,69)(H,49,64)(H,50,65)(H,51,68)(H,52,63)(H,53,70)(H,59,60)(H,61,62)(H,72,73)/t17-,18+,19+,20-,21-,22-,23-,24-,25-,26-,31-,32-/m0/s1. The van der Waals surface area contributed by atoms with Gasteiger partial charge in [-0.3, -0.25) is 62.3 Å². The number of nitrogens with zero attached hydrogens (tertiary/aromatic N) is 1. The number of hydrogen-bond donors (Lipinski definition) is 17. The Morgan fingerprint density at radius 2 is 1.09 bits per heavy atom. The summed E-state index contributed by atoms with van der Waals surface area (Å²) in [5.74, 6) is -16.5.